The molecular formula is C58H36N4. The number of hydrogen-bond acceptors (Lipinski definition) is 4. The fraction of sp³-hybridized carbons (Fsp3) is 0. The highest BCUT2D eigenvalue weighted by Crippen LogP contribution is 2.44. The Bertz CT molecular complexity index is 3450. The lowest BCUT2D eigenvalue weighted by molar-refractivity contribution is 1.30. The Labute approximate surface area is 358 Å². The van der Waals surface area contributed by atoms with Gasteiger partial charge in [-0.25, -0.2) is 9.97 Å². The van der Waals surface area contributed by atoms with Crippen LogP contribution >= 0.6 is 0 Å². The highest BCUT2D eigenvalue weighted by atomic mass is 14.8. The van der Waals surface area contributed by atoms with E-state index in [4.69, 9.17) is 9.97 Å². The van der Waals surface area contributed by atoms with Gasteiger partial charge in [0.2, 0.25) is 0 Å². The van der Waals surface area contributed by atoms with Gasteiger partial charge < -0.3 is 0 Å². The van der Waals surface area contributed by atoms with E-state index in [1.165, 1.54) is 54.9 Å². The van der Waals surface area contributed by atoms with Crippen molar-refractivity contribution in [1.82, 2.24) is 19.9 Å². The van der Waals surface area contributed by atoms with Crippen LogP contribution in [-0.4, -0.2) is 19.9 Å². The van der Waals surface area contributed by atoms with Crippen molar-refractivity contribution >= 4 is 54.1 Å². The minimum atomic E-state index is 0.856. The molecule has 288 valence electrons. The summed E-state index contributed by atoms with van der Waals surface area (Å²) in [5.41, 5.74) is 14.9. The zero-order chi connectivity index (χ0) is 41.0. The molecule has 0 saturated heterocycles. The molecule has 0 N–H and O–H groups in total. The van der Waals surface area contributed by atoms with E-state index in [0.29, 0.717) is 0 Å². The largest absolute Gasteiger partial charge is 0.265 e. The van der Waals surface area contributed by atoms with Crippen molar-refractivity contribution in [3.63, 3.8) is 0 Å². The molecule has 4 heteroatoms. The van der Waals surface area contributed by atoms with Crippen LogP contribution in [0, 0.1) is 0 Å². The molecule has 0 bridgehead atoms. The van der Waals surface area contributed by atoms with Crippen molar-refractivity contribution in [2.24, 2.45) is 0 Å². The molecule has 0 spiro atoms. The van der Waals surface area contributed by atoms with Gasteiger partial charge in [0.05, 0.1) is 22.4 Å². The summed E-state index contributed by atoms with van der Waals surface area (Å²) in [6.07, 6.45) is 7.43. The van der Waals surface area contributed by atoms with Crippen LogP contribution in [0.25, 0.3) is 121 Å². The summed E-state index contributed by atoms with van der Waals surface area (Å²) in [5.74, 6) is 0. The molecular weight excluding hydrogens is 753 g/mol. The summed E-state index contributed by atoms with van der Waals surface area (Å²) in [6.45, 7) is 0. The lowest BCUT2D eigenvalue weighted by Crippen LogP contribution is -1.97. The second kappa shape index (κ2) is 14.7. The first-order chi connectivity index (χ1) is 30.8. The average molecular weight is 789 g/mol. The second-order valence-electron chi connectivity index (χ2n) is 15.7. The summed E-state index contributed by atoms with van der Waals surface area (Å²) in [4.78, 5) is 19.5. The Balaban J connectivity index is 1.06. The summed E-state index contributed by atoms with van der Waals surface area (Å²) in [7, 11) is 0. The fourth-order valence-electron chi connectivity index (χ4n) is 9.53. The molecule has 0 atom stereocenters. The Morgan fingerprint density at radius 3 is 0.790 bits per heavy atom. The Morgan fingerprint density at radius 2 is 0.468 bits per heavy atom. The van der Waals surface area contributed by atoms with E-state index < -0.39 is 0 Å². The smallest absolute Gasteiger partial charge is 0.0979 e. The minimum absolute atomic E-state index is 0.856. The number of rotatable bonds is 6. The Kier molecular flexibility index (Phi) is 8.46. The van der Waals surface area contributed by atoms with Crippen molar-refractivity contribution in [3.8, 4) is 67.0 Å². The molecule has 3 aromatic heterocycles. The van der Waals surface area contributed by atoms with Gasteiger partial charge in [-0.05, 0) is 124 Å². The van der Waals surface area contributed by atoms with Gasteiger partial charge in [-0.2, -0.15) is 0 Å². The Hall–Kier alpha value is -8.34. The van der Waals surface area contributed by atoms with Crippen molar-refractivity contribution in [2.75, 3.05) is 0 Å². The van der Waals surface area contributed by atoms with Crippen LogP contribution in [0.3, 0.4) is 0 Å². The maximum atomic E-state index is 5.46. The standard InChI is InChI=1S/C58H36N4/c1-2-28-56-55(27-1)61-57(53-25-9-21-49-47(19-7-23-51(49)53)45-17-5-13-41-39(11-3-15-43(41)45)37-29-33-59-34-30-37)58(62-56)54-26-10-22-50-48(20-8-24-52(50)54)46-18-6-14-42-40(12-4-16-44(42)46)38-31-35-60-36-32-38/h1-36H. The van der Waals surface area contributed by atoms with E-state index in [9.17, 15) is 0 Å². The molecule has 12 rings (SSSR count). The SMILES string of the molecule is c1ccc2nc(-c3cccc4c(-c5cccc6c(-c7ccncc7)cccc56)cccc34)c(-c3cccc4c(-c5cccc6c(-c7ccncc7)cccc56)cccc34)nc2c1. The third-order valence-corrected chi connectivity index (χ3v) is 12.3. The van der Waals surface area contributed by atoms with Crippen LogP contribution < -0.4 is 0 Å². The van der Waals surface area contributed by atoms with Gasteiger partial charge in [0.15, 0.2) is 0 Å². The van der Waals surface area contributed by atoms with Gasteiger partial charge in [0.1, 0.15) is 0 Å². The van der Waals surface area contributed by atoms with Crippen molar-refractivity contribution < 1.29 is 0 Å². The zero-order valence-corrected chi connectivity index (χ0v) is 33.6. The van der Waals surface area contributed by atoms with Gasteiger partial charge in [-0.1, -0.05) is 158 Å². The maximum Gasteiger partial charge on any atom is 0.0979 e. The van der Waals surface area contributed by atoms with Crippen molar-refractivity contribution in [3.05, 3.63) is 219 Å². The third-order valence-electron chi connectivity index (χ3n) is 12.3. The van der Waals surface area contributed by atoms with E-state index in [-0.39, 0.29) is 0 Å². The van der Waals surface area contributed by atoms with E-state index >= 15 is 0 Å². The van der Waals surface area contributed by atoms with Crippen molar-refractivity contribution in [2.45, 2.75) is 0 Å². The van der Waals surface area contributed by atoms with E-state index in [0.717, 1.165) is 66.2 Å². The predicted octanol–water partition coefficient (Wildman–Crippen LogP) is 15.0. The molecule has 0 unspecified atom stereocenters. The van der Waals surface area contributed by atoms with Crippen LogP contribution in [0.1, 0.15) is 0 Å². The van der Waals surface area contributed by atoms with Crippen LogP contribution in [0.2, 0.25) is 0 Å². The molecule has 62 heavy (non-hydrogen) atoms. The van der Waals surface area contributed by atoms with Gasteiger partial charge in [0, 0.05) is 35.9 Å². The quantitative estimate of drug-likeness (QED) is 0.168. The lowest BCUT2D eigenvalue weighted by Gasteiger charge is -2.17. The molecule has 0 saturated carbocycles. The topological polar surface area (TPSA) is 51.6 Å². The first kappa shape index (κ1) is 35.6. The van der Waals surface area contributed by atoms with Gasteiger partial charge in [0.25, 0.3) is 0 Å². The van der Waals surface area contributed by atoms with E-state index in [1.807, 2.05) is 36.9 Å². The maximum absolute atomic E-state index is 5.46. The van der Waals surface area contributed by atoms with Gasteiger partial charge in [-0.3, -0.25) is 9.97 Å². The molecule has 3 heterocycles. The normalized spacial score (nSPS) is 11.5. The molecule has 4 nitrogen and oxygen atoms in total. The van der Waals surface area contributed by atoms with Crippen LogP contribution in [0.4, 0.5) is 0 Å². The highest BCUT2D eigenvalue weighted by molar-refractivity contribution is 6.14. The van der Waals surface area contributed by atoms with Crippen LogP contribution in [0.5, 0.6) is 0 Å². The molecule has 12 aromatic rings. The number of aromatic nitrogens is 4. The fourth-order valence-corrected chi connectivity index (χ4v) is 9.53. The number of benzene rings is 9. The summed E-state index contributed by atoms with van der Waals surface area (Å²) >= 11 is 0. The number of fused-ring (bicyclic) bond motifs is 5. The van der Waals surface area contributed by atoms with Gasteiger partial charge >= 0.3 is 0 Å². The number of pyridine rings is 2. The summed E-state index contributed by atoms with van der Waals surface area (Å²) < 4.78 is 0. The summed E-state index contributed by atoms with van der Waals surface area (Å²) in [6, 6.07) is 69.4. The Morgan fingerprint density at radius 1 is 0.210 bits per heavy atom. The summed E-state index contributed by atoms with van der Waals surface area (Å²) in [5, 5.41) is 9.40. The molecule has 0 fully saturated rings. The number of nitrogens with zero attached hydrogens (tertiary/aromatic N) is 4. The molecule has 0 amide bonds. The van der Waals surface area contributed by atoms with Crippen molar-refractivity contribution in [1.29, 1.82) is 0 Å². The molecule has 0 aliphatic rings. The monoisotopic (exact) mass is 788 g/mol. The number of para-hydroxylation sites is 2. The van der Waals surface area contributed by atoms with E-state index in [2.05, 4.69) is 192 Å². The molecule has 0 radical (unpaired) electrons. The van der Waals surface area contributed by atoms with E-state index in [1.54, 1.807) is 0 Å². The third kappa shape index (κ3) is 5.84. The van der Waals surface area contributed by atoms with Gasteiger partial charge in [-0.15, -0.1) is 0 Å². The average Bonchev–Trinajstić information content (AvgIpc) is 3.35. The highest BCUT2D eigenvalue weighted by Gasteiger charge is 2.20. The molecule has 9 aromatic carbocycles. The van der Waals surface area contributed by atoms with Crippen LogP contribution in [-0.2, 0) is 0 Å². The minimum Gasteiger partial charge on any atom is -0.265 e. The van der Waals surface area contributed by atoms with Crippen LogP contribution in [0.15, 0.2) is 219 Å². The zero-order valence-electron chi connectivity index (χ0n) is 33.6. The first-order valence-electron chi connectivity index (χ1n) is 20.9. The number of hydrogen-bond donors (Lipinski definition) is 0. The first-order valence-corrected chi connectivity index (χ1v) is 20.9. The molecule has 0 aliphatic heterocycles. The lowest BCUT2D eigenvalue weighted by atomic mass is 9.88. The predicted molar refractivity (Wildman–Crippen MR) is 258 cm³/mol. The molecule has 0 aliphatic carbocycles. The second-order valence-corrected chi connectivity index (χ2v) is 15.7.